The van der Waals surface area contributed by atoms with Crippen molar-refractivity contribution >= 4 is 0 Å². The maximum atomic E-state index is 12.9. The second-order valence-electron chi connectivity index (χ2n) is 4.02. The molecule has 1 aliphatic carbocycles. The molecule has 1 saturated carbocycles. The molecule has 0 atom stereocenters. The molecule has 14 heavy (non-hydrogen) atoms. The van der Waals surface area contributed by atoms with Crippen LogP contribution in [-0.2, 0) is 0 Å². The number of hydrogen-bond acceptors (Lipinski definition) is 1. The molecule has 0 aromatic carbocycles. The fourth-order valence-corrected chi connectivity index (χ4v) is 2.23. The first-order valence-electron chi connectivity index (χ1n) is 5.33. The Balaban J connectivity index is 2.77. The minimum atomic E-state index is -4.10. The van der Waals surface area contributed by atoms with Gasteiger partial charge in [-0.1, -0.05) is 32.6 Å². The zero-order valence-electron chi connectivity index (χ0n) is 8.58. The molecule has 1 N–H and O–H groups in total. The number of halogens is 3. The van der Waals surface area contributed by atoms with Gasteiger partial charge in [0.1, 0.15) is 5.54 Å². The van der Waals surface area contributed by atoms with Crippen LogP contribution in [0.1, 0.15) is 45.4 Å². The van der Waals surface area contributed by atoms with Gasteiger partial charge >= 0.3 is 6.18 Å². The lowest BCUT2D eigenvalue weighted by Crippen LogP contribution is -2.56. The van der Waals surface area contributed by atoms with E-state index in [1.807, 2.05) is 0 Å². The third-order valence-corrected chi connectivity index (χ3v) is 3.01. The molecule has 0 radical (unpaired) electrons. The van der Waals surface area contributed by atoms with Crippen LogP contribution < -0.4 is 5.32 Å². The van der Waals surface area contributed by atoms with Crippen LogP contribution in [0.4, 0.5) is 13.2 Å². The van der Waals surface area contributed by atoms with Crippen LogP contribution in [-0.4, -0.2) is 18.3 Å². The van der Waals surface area contributed by atoms with Crippen LogP contribution in [0.5, 0.6) is 0 Å². The maximum Gasteiger partial charge on any atom is 0.406 e. The van der Waals surface area contributed by atoms with Gasteiger partial charge in [-0.3, -0.25) is 0 Å². The first-order chi connectivity index (χ1) is 6.52. The normalized spacial score (nSPS) is 23.1. The Kier molecular flexibility index (Phi) is 3.81. The Bertz CT molecular complexity index is 169. The maximum absolute atomic E-state index is 12.9. The van der Waals surface area contributed by atoms with Crippen molar-refractivity contribution in [3.05, 3.63) is 0 Å². The fraction of sp³-hybridized carbons (Fsp3) is 1.00. The smallest absolute Gasteiger partial charge is 0.304 e. The molecule has 84 valence electrons. The van der Waals surface area contributed by atoms with E-state index < -0.39 is 11.7 Å². The number of rotatable bonds is 2. The lowest BCUT2D eigenvalue weighted by atomic mass is 9.89. The lowest BCUT2D eigenvalue weighted by Gasteiger charge is -2.35. The second kappa shape index (κ2) is 4.51. The van der Waals surface area contributed by atoms with Crippen LogP contribution >= 0.6 is 0 Å². The minimum Gasteiger partial charge on any atom is -0.304 e. The molecule has 0 aromatic heterocycles. The largest absolute Gasteiger partial charge is 0.406 e. The molecule has 4 heteroatoms. The van der Waals surface area contributed by atoms with E-state index >= 15 is 0 Å². The summed E-state index contributed by atoms with van der Waals surface area (Å²) in [6, 6.07) is 0. The Morgan fingerprint density at radius 2 is 1.57 bits per heavy atom. The van der Waals surface area contributed by atoms with Crippen LogP contribution in [0.15, 0.2) is 0 Å². The molecule has 1 rings (SSSR count). The molecular weight excluding hydrogens is 191 g/mol. The monoisotopic (exact) mass is 209 g/mol. The van der Waals surface area contributed by atoms with Crippen molar-refractivity contribution in [1.29, 1.82) is 0 Å². The SMILES string of the molecule is CCNC1(C(F)(F)F)CCCCCC1. The highest BCUT2D eigenvalue weighted by atomic mass is 19.4. The van der Waals surface area contributed by atoms with E-state index in [2.05, 4.69) is 5.32 Å². The molecule has 0 heterocycles. The van der Waals surface area contributed by atoms with Crippen molar-refractivity contribution in [3.63, 3.8) is 0 Å². The van der Waals surface area contributed by atoms with Gasteiger partial charge in [0, 0.05) is 0 Å². The van der Waals surface area contributed by atoms with Crippen LogP contribution in [0.3, 0.4) is 0 Å². The molecule has 0 amide bonds. The molecule has 0 unspecified atom stereocenters. The van der Waals surface area contributed by atoms with E-state index in [1.165, 1.54) is 0 Å². The Labute approximate surface area is 83.1 Å². The molecule has 0 spiro atoms. The number of hydrogen-bond donors (Lipinski definition) is 1. The average Bonchev–Trinajstić information content (AvgIpc) is 2.30. The minimum absolute atomic E-state index is 0.240. The van der Waals surface area contributed by atoms with Crippen molar-refractivity contribution in [2.75, 3.05) is 6.54 Å². The van der Waals surface area contributed by atoms with Crippen molar-refractivity contribution in [1.82, 2.24) is 5.32 Å². The summed E-state index contributed by atoms with van der Waals surface area (Å²) < 4.78 is 38.7. The molecule has 1 nitrogen and oxygen atoms in total. The zero-order valence-corrected chi connectivity index (χ0v) is 8.58. The average molecular weight is 209 g/mol. The summed E-state index contributed by atoms with van der Waals surface area (Å²) in [6.07, 6.45) is -0.381. The summed E-state index contributed by atoms with van der Waals surface area (Å²) in [4.78, 5) is 0. The highest BCUT2D eigenvalue weighted by molar-refractivity contribution is 4.95. The van der Waals surface area contributed by atoms with E-state index in [0.717, 1.165) is 12.8 Å². The Morgan fingerprint density at radius 3 is 1.93 bits per heavy atom. The molecule has 0 bridgehead atoms. The predicted octanol–water partition coefficient (Wildman–Crippen LogP) is 3.25. The number of alkyl halides is 3. The van der Waals surface area contributed by atoms with Gasteiger partial charge in [-0.15, -0.1) is 0 Å². The lowest BCUT2D eigenvalue weighted by molar-refractivity contribution is -0.200. The van der Waals surface area contributed by atoms with Gasteiger partial charge in [0.15, 0.2) is 0 Å². The topological polar surface area (TPSA) is 12.0 Å². The summed E-state index contributed by atoms with van der Waals surface area (Å²) >= 11 is 0. The van der Waals surface area contributed by atoms with E-state index in [1.54, 1.807) is 6.92 Å². The Morgan fingerprint density at radius 1 is 1.07 bits per heavy atom. The van der Waals surface area contributed by atoms with Crippen molar-refractivity contribution in [3.8, 4) is 0 Å². The predicted molar refractivity (Wildman–Crippen MR) is 50.2 cm³/mol. The molecule has 0 aliphatic heterocycles. The quantitative estimate of drug-likeness (QED) is 0.688. The summed E-state index contributed by atoms with van der Waals surface area (Å²) in [6.45, 7) is 2.12. The first kappa shape index (κ1) is 11.8. The van der Waals surface area contributed by atoms with Crippen molar-refractivity contribution in [2.45, 2.75) is 57.2 Å². The van der Waals surface area contributed by atoms with Gasteiger partial charge in [0.05, 0.1) is 0 Å². The second-order valence-corrected chi connectivity index (χ2v) is 4.02. The van der Waals surface area contributed by atoms with E-state index in [9.17, 15) is 13.2 Å². The molecule has 1 fully saturated rings. The van der Waals surface area contributed by atoms with Gasteiger partial charge in [-0.25, -0.2) is 0 Å². The molecule has 0 saturated heterocycles. The van der Waals surface area contributed by atoms with Gasteiger partial charge < -0.3 is 5.32 Å². The van der Waals surface area contributed by atoms with E-state index in [4.69, 9.17) is 0 Å². The standard InChI is InChI=1S/C10H18F3N/c1-2-14-9(10(11,12)13)7-5-3-4-6-8-9/h14H,2-8H2,1H3. The van der Waals surface area contributed by atoms with Gasteiger partial charge in [-0.2, -0.15) is 13.2 Å². The number of nitrogens with one attached hydrogen (secondary N) is 1. The highest BCUT2D eigenvalue weighted by Crippen LogP contribution is 2.40. The van der Waals surface area contributed by atoms with Gasteiger partial charge in [-0.05, 0) is 19.4 Å². The molecule has 0 aromatic rings. The Hall–Kier alpha value is -0.250. The van der Waals surface area contributed by atoms with Crippen molar-refractivity contribution in [2.24, 2.45) is 0 Å². The van der Waals surface area contributed by atoms with Crippen LogP contribution in [0.2, 0.25) is 0 Å². The third-order valence-electron chi connectivity index (χ3n) is 3.01. The molecule has 1 aliphatic rings. The van der Waals surface area contributed by atoms with E-state index in [-0.39, 0.29) is 12.8 Å². The summed E-state index contributed by atoms with van der Waals surface area (Å²) in [5.41, 5.74) is -1.60. The summed E-state index contributed by atoms with van der Waals surface area (Å²) in [5, 5.41) is 2.65. The summed E-state index contributed by atoms with van der Waals surface area (Å²) in [5.74, 6) is 0. The van der Waals surface area contributed by atoms with E-state index in [0.29, 0.717) is 19.4 Å². The van der Waals surface area contributed by atoms with Gasteiger partial charge in [0.2, 0.25) is 0 Å². The fourth-order valence-electron chi connectivity index (χ4n) is 2.23. The first-order valence-corrected chi connectivity index (χ1v) is 5.33. The van der Waals surface area contributed by atoms with Gasteiger partial charge in [0.25, 0.3) is 0 Å². The zero-order chi connectivity index (χ0) is 10.7. The van der Waals surface area contributed by atoms with Crippen molar-refractivity contribution < 1.29 is 13.2 Å². The third kappa shape index (κ3) is 2.41. The highest BCUT2D eigenvalue weighted by Gasteiger charge is 2.53. The van der Waals surface area contributed by atoms with Crippen LogP contribution in [0.25, 0.3) is 0 Å². The molecular formula is C10H18F3N. The van der Waals surface area contributed by atoms with Crippen LogP contribution in [0, 0.1) is 0 Å². The summed E-state index contributed by atoms with van der Waals surface area (Å²) in [7, 11) is 0.